The molecule has 0 aromatic heterocycles. The Bertz CT molecular complexity index is 1970. The highest BCUT2D eigenvalue weighted by Crippen LogP contribution is 2.11. The number of hydrazine groups is 2. The molecule has 0 atom stereocenters. The van der Waals surface area contributed by atoms with Crippen molar-refractivity contribution in [2.75, 3.05) is 361 Å². The molecule has 0 radical (unpaired) electrons. The van der Waals surface area contributed by atoms with Crippen LogP contribution >= 0.6 is 0 Å². The third-order valence-electron chi connectivity index (χ3n) is 20.5. The standard InChI is InChI=1S/C8H16N2O.2C8H18N2.C8H17N.C7H16N4O.C7H15N3O.C7H15NO.C7H15N.C6H13NO2.C6H13NO.C5H8O.C4H12N2.C4H10O2/c1-7(11)9-8-3-5-10(2)6-4-8;1-3-4-10-7-5-9(2)6-8-10;1-3-9-5-7-10(4-2)8-6-9;1-2-6-9-7-4-3-5-8-9;1-8-7(12)9-11-5-3-10(2)4-6-11;1-7(11)8-10-5-3-9(2)4-6-10;1-9-7-8-5-3-2-4-6-8;1-2-8-6-4-3-5-7-8;1-8-6-7-2-4-9-5-3-7;1-8-6-7-4-2-3-5-7;1-3-5(6)4-2;1-5-4-6(2)3;1-5-3-4-6-2/h8H,3-6H2,1-2H3,(H,9,11);2*3-8H2,1-2H3;2-8H2,1H3;3-6H2,1-2H3,(H2,8,9,12);3-6H2,1-2H3,(H,8,11);2-7H2,1H3;2-7H2,1H3;2-6H2,1H3;2-6H2,1H3;3H,1,4H2,2H3;5H,4H2,1-3H3;3-4H2,1-2H3. The molecule has 10 heterocycles. The van der Waals surface area contributed by atoms with Crippen LogP contribution in [0.25, 0.3) is 0 Å². The Labute approximate surface area is 706 Å². The topological polar surface area (TPSA) is 232 Å². The van der Waals surface area contributed by atoms with Gasteiger partial charge in [0.25, 0.3) is 0 Å². The first-order chi connectivity index (χ1) is 55.4. The highest BCUT2D eigenvalue weighted by Gasteiger charge is 2.20. The predicted octanol–water partition coefficient (Wildman–Crippen LogP) is 6.08. The molecule has 10 saturated heterocycles. The zero-order valence-electron chi connectivity index (χ0n) is 78.5. The maximum absolute atomic E-state index is 10.9. The number of piperazine rings is 4. The average Bonchev–Trinajstić information content (AvgIpc) is 1.75. The van der Waals surface area contributed by atoms with Gasteiger partial charge in [-0.2, -0.15) is 0 Å². The number of likely N-dealkylation sites (tertiary alicyclic amines) is 5. The van der Waals surface area contributed by atoms with Crippen LogP contribution in [0.5, 0.6) is 0 Å². The summed E-state index contributed by atoms with van der Waals surface area (Å²) in [6.45, 7) is 64.5. The van der Waals surface area contributed by atoms with Gasteiger partial charge in [0, 0.05) is 220 Å². The van der Waals surface area contributed by atoms with E-state index in [0.29, 0.717) is 25.7 Å². The van der Waals surface area contributed by atoms with Crippen molar-refractivity contribution in [3.8, 4) is 0 Å². The Morgan fingerprint density at radius 2 is 0.730 bits per heavy atom. The summed E-state index contributed by atoms with van der Waals surface area (Å²) in [6, 6.07) is 0.281. The van der Waals surface area contributed by atoms with E-state index in [9.17, 15) is 19.2 Å². The number of nitrogens with one attached hydrogen (secondary N) is 5. The lowest BCUT2D eigenvalue weighted by Gasteiger charge is -2.33. The number of ether oxygens (including phenoxy) is 6. The summed E-state index contributed by atoms with van der Waals surface area (Å²) in [5.74, 6) is 0.226. The Balaban J connectivity index is -0.00000119. The minimum Gasteiger partial charge on any atom is -0.382 e. The summed E-state index contributed by atoms with van der Waals surface area (Å²) in [6.07, 6.45) is 22.1. The van der Waals surface area contributed by atoms with Gasteiger partial charge in [-0.05, 0) is 204 Å². The first kappa shape index (κ1) is 116. The number of ketones is 1. The number of methoxy groups -OCH3 is 5. The molecule has 10 fully saturated rings. The number of allylic oxidation sites excluding steroid dienone is 1. The number of hydrogen-bond donors (Lipinski definition) is 5. The van der Waals surface area contributed by atoms with Crippen LogP contribution in [0.4, 0.5) is 4.79 Å². The minimum atomic E-state index is -0.139. The Kier molecular flexibility index (Phi) is 85.0. The molecule has 4 amide bonds. The zero-order chi connectivity index (χ0) is 86.3. The fraction of sp³-hybridized carbons (Fsp3) is 0.929. The van der Waals surface area contributed by atoms with Crippen LogP contribution in [0.15, 0.2) is 12.7 Å². The number of hydrogen-bond acceptors (Lipinski definition) is 26. The van der Waals surface area contributed by atoms with E-state index in [2.05, 4.69) is 169 Å². The summed E-state index contributed by atoms with van der Waals surface area (Å²) in [4.78, 5) is 73.0. The van der Waals surface area contributed by atoms with Gasteiger partial charge in [-0.3, -0.25) is 44.8 Å². The van der Waals surface area contributed by atoms with Gasteiger partial charge in [-0.25, -0.2) is 14.8 Å². The van der Waals surface area contributed by atoms with Gasteiger partial charge < -0.3 is 88.5 Å². The molecule has 5 N–H and O–H groups in total. The summed E-state index contributed by atoms with van der Waals surface area (Å²) in [5, 5.41) is 12.3. The van der Waals surface area contributed by atoms with Crippen molar-refractivity contribution >= 4 is 23.6 Å². The van der Waals surface area contributed by atoms with Crippen LogP contribution < -0.4 is 26.8 Å². The first-order valence-electron chi connectivity index (χ1n) is 44.5. The molecule has 0 unspecified atom stereocenters. The number of carbonyl (C=O) groups excluding carboxylic acids is 4. The molecule has 30 nitrogen and oxygen atoms in total. The third kappa shape index (κ3) is 76.6. The SMILES string of the molecule is C=CC(=O)CC.CC(=O)NC1CCN(C)CC1.CC(=O)NN1CCN(C)CC1.CCCN1CCCCC1.CCCN1CCN(C)CC1.CCN1CCCCC1.CCN1CCN(CC)CC1.CNC(=O)NN1CCN(C)CC1.CNCN(C)C.COCCOC.COCN1CCCC1.COCN1CCCCC1.COCN1CCOCC1. The van der Waals surface area contributed by atoms with Crippen molar-refractivity contribution in [1.82, 2.24) is 101 Å². The number of amides is 4. The maximum atomic E-state index is 10.9. The molecular formula is C85H186N20O10. The molecule has 10 aliphatic rings. The minimum absolute atomic E-state index is 0.0227. The van der Waals surface area contributed by atoms with E-state index in [0.717, 1.165) is 131 Å². The van der Waals surface area contributed by atoms with Crippen molar-refractivity contribution in [2.45, 2.75) is 164 Å². The molecule has 0 saturated carbocycles. The molecular weight excluding hydrogens is 1460 g/mol. The summed E-state index contributed by atoms with van der Waals surface area (Å²) >= 11 is 0. The van der Waals surface area contributed by atoms with Gasteiger partial charge in [-0.15, -0.1) is 0 Å². The second-order valence-corrected chi connectivity index (χ2v) is 31.2. The zero-order valence-corrected chi connectivity index (χ0v) is 78.5. The largest absolute Gasteiger partial charge is 0.382 e. The van der Waals surface area contributed by atoms with Crippen molar-refractivity contribution in [1.29, 1.82) is 0 Å². The first-order valence-corrected chi connectivity index (χ1v) is 44.5. The van der Waals surface area contributed by atoms with E-state index in [1.54, 1.807) is 56.4 Å². The summed E-state index contributed by atoms with van der Waals surface area (Å²) in [5.41, 5.74) is 5.52. The van der Waals surface area contributed by atoms with Crippen LogP contribution in [0, 0.1) is 0 Å². The lowest BCUT2D eigenvalue weighted by atomic mass is 10.1. The van der Waals surface area contributed by atoms with Crippen LogP contribution in [0.1, 0.15) is 158 Å². The molecule has 10 aliphatic heterocycles. The lowest BCUT2D eigenvalue weighted by molar-refractivity contribution is -0.124. The van der Waals surface area contributed by atoms with Crippen molar-refractivity contribution < 1.29 is 47.6 Å². The summed E-state index contributed by atoms with van der Waals surface area (Å²) in [7, 11) is 24.6. The molecule has 0 aliphatic carbocycles. The quantitative estimate of drug-likeness (QED) is 0.0443. The van der Waals surface area contributed by atoms with Crippen LogP contribution in [-0.4, -0.2) is 465 Å². The molecule has 686 valence electrons. The molecule has 30 heteroatoms. The molecule has 0 aromatic carbocycles. The van der Waals surface area contributed by atoms with Crippen LogP contribution in [0.3, 0.4) is 0 Å². The number of nitrogens with zero attached hydrogens (tertiary/aromatic N) is 15. The maximum Gasteiger partial charge on any atom is 0.329 e. The average molecular weight is 1650 g/mol. The number of piperidine rings is 4. The summed E-state index contributed by atoms with van der Waals surface area (Å²) < 4.78 is 29.4. The number of carbonyl (C=O) groups is 4. The molecule has 0 aromatic rings. The molecule has 115 heavy (non-hydrogen) atoms. The predicted molar refractivity (Wildman–Crippen MR) is 480 cm³/mol. The molecule has 0 spiro atoms. The second-order valence-electron chi connectivity index (χ2n) is 31.2. The van der Waals surface area contributed by atoms with Crippen molar-refractivity contribution in [2.24, 2.45) is 0 Å². The lowest BCUT2D eigenvalue weighted by Crippen LogP contribution is -2.54. The highest BCUT2D eigenvalue weighted by molar-refractivity contribution is 5.88. The Morgan fingerprint density at radius 1 is 0.409 bits per heavy atom. The Hall–Kier alpha value is -3.26. The van der Waals surface area contributed by atoms with Gasteiger partial charge in [0.1, 0.15) is 0 Å². The monoisotopic (exact) mass is 1650 g/mol. The number of rotatable bonds is 23. The molecule has 10 rings (SSSR count). The number of likely N-dealkylation sites (N-methyl/N-ethyl adjacent to an activating group) is 5. The number of morpholine rings is 1. The van der Waals surface area contributed by atoms with E-state index >= 15 is 0 Å². The normalized spacial score (nSPS) is 20.2. The van der Waals surface area contributed by atoms with Crippen LogP contribution in [0.2, 0.25) is 0 Å². The van der Waals surface area contributed by atoms with Crippen LogP contribution in [-0.2, 0) is 42.8 Å². The van der Waals surface area contributed by atoms with E-state index < -0.39 is 0 Å². The fourth-order valence-corrected chi connectivity index (χ4v) is 13.2. The second kappa shape index (κ2) is 84.4. The van der Waals surface area contributed by atoms with E-state index in [4.69, 9.17) is 18.9 Å². The van der Waals surface area contributed by atoms with E-state index in [1.165, 1.54) is 227 Å². The van der Waals surface area contributed by atoms with Gasteiger partial charge in [-0.1, -0.05) is 67.4 Å². The number of urea groups is 1. The highest BCUT2D eigenvalue weighted by atomic mass is 16.5. The van der Waals surface area contributed by atoms with Gasteiger partial charge in [0.05, 0.1) is 46.6 Å². The van der Waals surface area contributed by atoms with Crippen molar-refractivity contribution in [3.05, 3.63) is 12.7 Å². The Morgan fingerprint density at radius 3 is 1.02 bits per heavy atom. The smallest absolute Gasteiger partial charge is 0.329 e. The van der Waals surface area contributed by atoms with E-state index in [1.807, 2.05) is 38.1 Å². The fourth-order valence-electron chi connectivity index (χ4n) is 13.2. The molecule has 0 bridgehead atoms. The van der Waals surface area contributed by atoms with Gasteiger partial charge >= 0.3 is 6.03 Å². The third-order valence-corrected chi connectivity index (χ3v) is 20.5. The van der Waals surface area contributed by atoms with Gasteiger partial charge in [0.2, 0.25) is 11.8 Å². The van der Waals surface area contributed by atoms with Crippen molar-refractivity contribution in [3.63, 3.8) is 0 Å². The van der Waals surface area contributed by atoms with E-state index in [-0.39, 0.29) is 23.6 Å². The van der Waals surface area contributed by atoms with Gasteiger partial charge in [0.15, 0.2) is 5.78 Å².